The van der Waals surface area contributed by atoms with Crippen molar-refractivity contribution in [3.63, 3.8) is 0 Å². The first-order chi connectivity index (χ1) is 9.15. The third-order valence-corrected chi connectivity index (χ3v) is 2.85. The van der Waals surface area contributed by atoms with Crippen LogP contribution in [0.3, 0.4) is 0 Å². The molecule has 19 heavy (non-hydrogen) atoms. The van der Waals surface area contributed by atoms with E-state index in [9.17, 15) is 4.79 Å². The first-order valence-corrected chi connectivity index (χ1v) is 6.32. The Hall–Kier alpha value is -2.14. The molecule has 96 valence electrons. The Morgan fingerprint density at radius 2 is 1.95 bits per heavy atom. The number of halogens is 1. The number of nitrogens with one attached hydrogen (secondary N) is 1. The number of hydrogen-bond acceptors (Lipinski definition) is 3. The molecule has 0 aliphatic rings. The maximum absolute atomic E-state index is 11.8. The van der Waals surface area contributed by atoms with E-state index in [4.69, 9.17) is 5.11 Å². The third-order valence-electron chi connectivity index (χ3n) is 2.36. The van der Waals surface area contributed by atoms with E-state index in [1.54, 1.807) is 42.5 Å². The summed E-state index contributed by atoms with van der Waals surface area (Å²) in [7, 11) is 0. The van der Waals surface area contributed by atoms with Gasteiger partial charge in [0.1, 0.15) is 5.75 Å². The van der Waals surface area contributed by atoms with E-state index in [1.165, 1.54) is 6.21 Å². The lowest BCUT2D eigenvalue weighted by molar-refractivity contribution is 0.0955. The first kappa shape index (κ1) is 13.3. The van der Waals surface area contributed by atoms with Gasteiger partial charge >= 0.3 is 0 Å². The molecule has 0 fully saturated rings. The number of benzene rings is 2. The molecule has 0 aromatic heterocycles. The van der Waals surface area contributed by atoms with E-state index in [0.29, 0.717) is 5.56 Å². The molecule has 0 bridgehead atoms. The van der Waals surface area contributed by atoms with Gasteiger partial charge in [-0.1, -0.05) is 22.0 Å². The van der Waals surface area contributed by atoms with Gasteiger partial charge < -0.3 is 5.11 Å². The van der Waals surface area contributed by atoms with Crippen molar-refractivity contribution in [3.8, 4) is 5.75 Å². The van der Waals surface area contributed by atoms with E-state index in [1.807, 2.05) is 6.07 Å². The summed E-state index contributed by atoms with van der Waals surface area (Å²) in [5, 5.41) is 13.0. The molecule has 0 saturated carbocycles. The van der Waals surface area contributed by atoms with Crippen molar-refractivity contribution in [1.29, 1.82) is 0 Å². The molecule has 4 nitrogen and oxygen atoms in total. The molecule has 0 saturated heterocycles. The molecule has 5 heteroatoms. The van der Waals surface area contributed by atoms with Crippen molar-refractivity contribution in [1.82, 2.24) is 5.43 Å². The Bertz CT molecular complexity index is 609. The minimum Gasteiger partial charge on any atom is -0.508 e. The highest BCUT2D eigenvalue weighted by molar-refractivity contribution is 9.10. The number of phenols is 1. The normalized spacial score (nSPS) is 10.6. The summed E-state index contributed by atoms with van der Waals surface area (Å²) in [6, 6.07) is 13.5. The van der Waals surface area contributed by atoms with E-state index < -0.39 is 0 Å². The molecule has 1 amide bonds. The van der Waals surface area contributed by atoms with Gasteiger partial charge in [-0.15, -0.1) is 0 Å². The molecule has 2 N–H and O–H groups in total. The zero-order valence-corrected chi connectivity index (χ0v) is 11.5. The van der Waals surface area contributed by atoms with Crippen LogP contribution in [-0.4, -0.2) is 17.2 Å². The number of carbonyl (C=O) groups excluding carboxylic acids is 1. The monoisotopic (exact) mass is 318 g/mol. The minimum atomic E-state index is -0.281. The average Bonchev–Trinajstić information content (AvgIpc) is 2.41. The molecule has 2 rings (SSSR count). The van der Waals surface area contributed by atoms with Crippen molar-refractivity contribution in [2.24, 2.45) is 5.10 Å². The summed E-state index contributed by atoms with van der Waals surface area (Å²) in [5.74, 6) is -0.0911. The summed E-state index contributed by atoms with van der Waals surface area (Å²) >= 11 is 3.30. The van der Waals surface area contributed by atoms with Crippen molar-refractivity contribution >= 4 is 28.1 Å². The summed E-state index contributed by atoms with van der Waals surface area (Å²) in [6.45, 7) is 0. The Labute approximate surface area is 118 Å². The SMILES string of the molecule is O=C(NN=Cc1ccc(O)cc1)c1cccc(Br)c1. The van der Waals surface area contributed by atoms with Crippen LogP contribution in [0.4, 0.5) is 0 Å². The highest BCUT2D eigenvalue weighted by Gasteiger charge is 2.03. The lowest BCUT2D eigenvalue weighted by atomic mass is 10.2. The number of amides is 1. The van der Waals surface area contributed by atoms with Crippen LogP contribution in [0.1, 0.15) is 15.9 Å². The highest BCUT2D eigenvalue weighted by atomic mass is 79.9. The second kappa shape index (κ2) is 6.15. The lowest BCUT2D eigenvalue weighted by Gasteiger charge is -2.00. The lowest BCUT2D eigenvalue weighted by Crippen LogP contribution is -2.17. The molecule has 0 spiro atoms. The molecular formula is C14H11BrN2O2. The summed E-state index contributed by atoms with van der Waals surface area (Å²) in [4.78, 5) is 11.8. The fraction of sp³-hybridized carbons (Fsp3) is 0. The molecular weight excluding hydrogens is 308 g/mol. The molecule has 0 aliphatic carbocycles. The Balaban J connectivity index is 1.98. The topological polar surface area (TPSA) is 61.7 Å². The summed E-state index contributed by atoms with van der Waals surface area (Å²) in [6.07, 6.45) is 1.51. The first-order valence-electron chi connectivity index (χ1n) is 5.53. The fourth-order valence-corrected chi connectivity index (χ4v) is 1.82. The molecule has 2 aromatic rings. The third kappa shape index (κ3) is 3.93. The van der Waals surface area contributed by atoms with Gasteiger partial charge in [-0.2, -0.15) is 5.10 Å². The maximum Gasteiger partial charge on any atom is 0.271 e. The zero-order chi connectivity index (χ0) is 13.7. The van der Waals surface area contributed by atoms with E-state index in [2.05, 4.69) is 26.5 Å². The number of carbonyl (C=O) groups is 1. The Kier molecular flexibility index (Phi) is 4.30. The average molecular weight is 319 g/mol. The molecule has 0 heterocycles. The number of aromatic hydroxyl groups is 1. The van der Waals surface area contributed by atoms with Gasteiger partial charge in [0.25, 0.3) is 5.91 Å². The van der Waals surface area contributed by atoms with Crippen LogP contribution in [0.25, 0.3) is 0 Å². The molecule has 0 aliphatic heterocycles. The van der Waals surface area contributed by atoms with E-state index in [-0.39, 0.29) is 11.7 Å². The summed E-state index contributed by atoms with van der Waals surface area (Å²) in [5.41, 5.74) is 3.75. The molecule has 0 unspecified atom stereocenters. The van der Waals surface area contributed by atoms with Gasteiger partial charge in [0.2, 0.25) is 0 Å². The van der Waals surface area contributed by atoms with Crippen LogP contribution in [0.15, 0.2) is 58.1 Å². The summed E-state index contributed by atoms with van der Waals surface area (Å²) < 4.78 is 0.836. The predicted molar refractivity (Wildman–Crippen MR) is 77.3 cm³/mol. The van der Waals surface area contributed by atoms with Crippen LogP contribution in [0.2, 0.25) is 0 Å². The fourth-order valence-electron chi connectivity index (χ4n) is 1.42. The second-order valence-electron chi connectivity index (χ2n) is 3.80. The highest BCUT2D eigenvalue weighted by Crippen LogP contribution is 2.11. The van der Waals surface area contributed by atoms with E-state index in [0.717, 1.165) is 10.0 Å². The van der Waals surface area contributed by atoms with Gasteiger partial charge in [-0.25, -0.2) is 5.43 Å². The van der Waals surface area contributed by atoms with Gasteiger partial charge in [-0.3, -0.25) is 4.79 Å². The van der Waals surface area contributed by atoms with E-state index >= 15 is 0 Å². The van der Waals surface area contributed by atoms with Crippen LogP contribution >= 0.6 is 15.9 Å². The predicted octanol–water partition coefficient (Wildman–Crippen LogP) is 2.92. The van der Waals surface area contributed by atoms with Crippen LogP contribution < -0.4 is 5.43 Å². The largest absolute Gasteiger partial charge is 0.508 e. The van der Waals surface area contributed by atoms with Crippen LogP contribution in [0.5, 0.6) is 5.75 Å². The van der Waals surface area contributed by atoms with Crippen molar-refractivity contribution < 1.29 is 9.90 Å². The van der Waals surface area contributed by atoms with Crippen molar-refractivity contribution in [2.45, 2.75) is 0 Å². The van der Waals surface area contributed by atoms with Gasteiger partial charge in [0.15, 0.2) is 0 Å². The van der Waals surface area contributed by atoms with Gasteiger partial charge in [-0.05, 0) is 48.0 Å². The van der Waals surface area contributed by atoms with Crippen LogP contribution in [-0.2, 0) is 0 Å². The molecule has 0 radical (unpaired) electrons. The second-order valence-corrected chi connectivity index (χ2v) is 4.72. The smallest absolute Gasteiger partial charge is 0.271 e. The Morgan fingerprint density at radius 3 is 2.63 bits per heavy atom. The Morgan fingerprint density at radius 1 is 1.21 bits per heavy atom. The standard InChI is InChI=1S/C14H11BrN2O2/c15-12-3-1-2-11(8-12)14(19)17-16-9-10-4-6-13(18)7-5-10/h1-9,18H,(H,17,19). The maximum atomic E-state index is 11.8. The number of rotatable bonds is 3. The number of phenolic OH excluding ortho intramolecular Hbond substituents is 1. The van der Waals surface area contributed by atoms with Gasteiger partial charge in [0, 0.05) is 10.0 Å². The molecule has 0 atom stereocenters. The minimum absolute atomic E-state index is 0.190. The van der Waals surface area contributed by atoms with Crippen molar-refractivity contribution in [2.75, 3.05) is 0 Å². The molecule has 2 aromatic carbocycles. The number of hydrogen-bond donors (Lipinski definition) is 2. The van der Waals surface area contributed by atoms with Crippen LogP contribution in [0, 0.1) is 0 Å². The van der Waals surface area contributed by atoms with Crippen molar-refractivity contribution in [3.05, 3.63) is 64.1 Å². The quantitative estimate of drug-likeness (QED) is 0.675. The number of hydrazone groups is 1. The zero-order valence-electron chi connectivity index (χ0n) is 9.88. The van der Waals surface area contributed by atoms with Gasteiger partial charge in [0.05, 0.1) is 6.21 Å². The number of nitrogens with zero attached hydrogens (tertiary/aromatic N) is 1.